The van der Waals surface area contributed by atoms with Crippen LogP contribution in [0.1, 0.15) is 11.1 Å². The molecule has 2 aromatic rings. The molecule has 0 amide bonds. The van der Waals surface area contributed by atoms with Gasteiger partial charge in [0.15, 0.2) is 5.78 Å². The zero-order valence-electron chi connectivity index (χ0n) is 12.7. The number of hydrogen-bond acceptors (Lipinski definition) is 3. The number of carbonyl (C=O) groups excluding carboxylic acids is 1. The molecule has 0 N–H and O–H groups in total. The summed E-state index contributed by atoms with van der Waals surface area (Å²) in [6, 6.07) is 15.0. The third-order valence-corrected chi connectivity index (χ3v) is 3.11. The molecule has 0 spiro atoms. The SMILES string of the molecule is COc1ccc(/C=C/C(=O)/C=C/c2ccc(OC)cc2)cc1. The minimum absolute atomic E-state index is 0.0633. The third kappa shape index (κ3) is 4.63. The van der Waals surface area contributed by atoms with Gasteiger partial charge in [-0.2, -0.15) is 0 Å². The van der Waals surface area contributed by atoms with Crippen molar-refractivity contribution in [2.75, 3.05) is 14.2 Å². The smallest absolute Gasteiger partial charge is 0.178 e. The molecule has 0 heterocycles. The molecule has 0 aromatic heterocycles. The first-order chi connectivity index (χ1) is 10.7. The molecule has 0 saturated carbocycles. The Bertz CT molecular complexity index is 605. The number of ketones is 1. The second-order valence-electron chi connectivity index (χ2n) is 4.62. The minimum Gasteiger partial charge on any atom is -0.497 e. The molecule has 0 aliphatic heterocycles. The zero-order valence-corrected chi connectivity index (χ0v) is 12.7. The Labute approximate surface area is 130 Å². The molecule has 0 bridgehead atoms. The van der Waals surface area contributed by atoms with Crippen LogP contribution in [0.25, 0.3) is 12.2 Å². The quantitative estimate of drug-likeness (QED) is 0.755. The molecule has 3 heteroatoms. The lowest BCUT2D eigenvalue weighted by atomic mass is 10.1. The first kappa shape index (κ1) is 15.6. The van der Waals surface area contributed by atoms with E-state index in [1.807, 2.05) is 48.5 Å². The molecule has 0 saturated heterocycles. The first-order valence-electron chi connectivity index (χ1n) is 6.89. The standard InChI is InChI=1S/C19H18O3/c1-21-18-11-5-15(6-12-18)3-9-17(20)10-4-16-7-13-19(22-2)14-8-16/h3-14H,1-2H3/b9-3+,10-4+. The summed E-state index contributed by atoms with van der Waals surface area (Å²) in [5.41, 5.74) is 1.90. The van der Waals surface area contributed by atoms with Crippen molar-refractivity contribution in [3.05, 3.63) is 71.8 Å². The fourth-order valence-electron chi connectivity index (χ4n) is 1.84. The molecule has 0 aliphatic rings. The van der Waals surface area contributed by atoms with Crippen LogP contribution in [0, 0.1) is 0 Å². The third-order valence-electron chi connectivity index (χ3n) is 3.11. The van der Waals surface area contributed by atoms with E-state index in [0.717, 1.165) is 22.6 Å². The maximum Gasteiger partial charge on any atom is 0.178 e. The predicted molar refractivity (Wildman–Crippen MR) is 89.1 cm³/mol. The van der Waals surface area contributed by atoms with Crippen LogP contribution in [0.4, 0.5) is 0 Å². The normalized spacial score (nSPS) is 11.0. The fraction of sp³-hybridized carbons (Fsp3) is 0.105. The molecule has 0 aliphatic carbocycles. The highest BCUT2D eigenvalue weighted by atomic mass is 16.5. The largest absolute Gasteiger partial charge is 0.497 e. The summed E-state index contributed by atoms with van der Waals surface area (Å²) in [5.74, 6) is 1.53. The molecule has 112 valence electrons. The molecule has 0 fully saturated rings. The summed E-state index contributed by atoms with van der Waals surface area (Å²) in [5, 5.41) is 0. The maximum atomic E-state index is 11.8. The van der Waals surface area contributed by atoms with Crippen molar-refractivity contribution in [1.29, 1.82) is 0 Å². The lowest BCUT2D eigenvalue weighted by molar-refractivity contribution is -0.110. The Hall–Kier alpha value is -2.81. The van der Waals surface area contributed by atoms with Crippen LogP contribution in [-0.4, -0.2) is 20.0 Å². The van der Waals surface area contributed by atoms with Gasteiger partial charge in [-0.25, -0.2) is 0 Å². The minimum atomic E-state index is -0.0633. The summed E-state index contributed by atoms with van der Waals surface area (Å²) in [6.07, 6.45) is 6.64. The van der Waals surface area contributed by atoms with Gasteiger partial charge < -0.3 is 9.47 Å². The summed E-state index contributed by atoms with van der Waals surface area (Å²) in [6.45, 7) is 0. The van der Waals surface area contributed by atoms with E-state index in [9.17, 15) is 4.79 Å². The highest BCUT2D eigenvalue weighted by Gasteiger charge is 1.94. The van der Waals surface area contributed by atoms with Crippen molar-refractivity contribution in [3.8, 4) is 11.5 Å². The topological polar surface area (TPSA) is 35.5 Å². The Morgan fingerprint density at radius 1 is 0.727 bits per heavy atom. The lowest BCUT2D eigenvalue weighted by Crippen LogP contribution is -1.86. The van der Waals surface area contributed by atoms with E-state index >= 15 is 0 Å². The number of methoxy groups -OCH3 is 2. The predicted octanol–water partition coefficient (Wildman–Crippen LogP) is 4.00. The Kier molecular flexibility index (Phi) is 5.55. The first-order valence-corrected chi connectivity index (χ1v) is 6.89. The molecule has 2 aromatic carbocycles. The zero-order chi connectivity index (χ0) is 15.8. The number of allylic oxidation sites excluding steroid dienone is 2. The highest BCUT2D eigenvalue weighted by molar-refractivity contribution is 6.04. The van der Waals surface area contributed by atoms with E-state index in [-0.39, 0.29) is 5.78 Å². The van der Waals surface area contributed by atoms with Gasteiger partial charge in [-0.3, -0.25) is 4.79 Å². The number of benzene rings is 2. The van der Waals surface area contributed by atoms with Gasteiger partial charge in [-0.15, -0.1) is 0 Å². The van der Waals surface area contributed by atoms with Crippen molar-refractivity contribution in [3.63, 3.8) is 0 Å². The lowest BCUT2D eigenvalue weighted by Gasteiger charge is -1.99. The van der Waals surface area contributed by atoms with Gasteiger partial charge in [-0.05, 0) is 47.5 Å². The molecular formula is C19H18O3. The van der Waals surface area contributed by atoms with E-state index in [1.165, 1.54) is 0 Å². The van der Waals surface area contributed by atoms with E-state index in [0.29, 0.717) is 0 Å². The Morgan fingerprint density at radius 2 is 1.09 bits per heavy atom. The molecule has 22 heavy (non-hydrogen) atoms. The number of rotatable bonds is 6. The number of hydrogen-bond donors (Lipinski definition) is 0. The van der Waals surface area contributed by atoms with E-state index < -0.39 is 0 Å². The molecule has 2 rings (SSSR count). The van der Waals surface area contributed by atoms with Crippen LogP contribution < -0.4 is 9.47 Å². The second-order valence-corrected chi connectivity index (χ2v) is 4.62. The van der Waals surface area contributed by atoms with Crippen molar-refractivity contribution in [1.82, 2.24) is 0 Å². The van der Waals surface area contributed by atoms with Gasteiger partial charge in [-0.1, -0.05) is 36.4 Å². The Balaban J connectivity index is 1.95. The van der Waals surface area contributed by atoms with Crippen LogP contribution >= 0.6 is 0 Å². The van der Waals surface area contributed by atoms with Gasteiger partial charge >= 0.3 is 0 Å². The average molecular weight is 294 g/mol. The fourth-order valence-corrected chi connectivity index (χ4v) is 1.84. The van der Waals surface area contributed by atoms with Crippen LogP contribution in [0.2, 0.25) is 0 Å². The van der Waals surface area contributed by atoms with Gasteiger partial charge in [0.25, 0.3) is 0 Å². The summed E-state index contributed by atoms with van der Waals surface area (Å²) in [4.78, 5) is 11.8. The van der Waals surface area contributed by atoms with Gasteiger partial charge in [0, 0.05) is 0 Å². The maximum absolute atomic E-state index is 11.8. The van der Waals surface area contributed by atoms with Gasteiger partial charge in [0.2, 0.25) is 0 Å². The average Bonchev–Trinajstić information content (AvgIpc) is 2.59. The van der Waals surface area contributed by atoms with Crippen molar-refractivity contribution < 1.29 is 14.3 Å². The summed E-state index contributed by atoms with van der Waals surface area (Å²) in [7, 11) is 3.25. The summed E-state index contributed by atoms with van der Waals surface area (Å²) >= 11 is 0. The van der Waals surface area contributed by atoms with Crippen LogP contribution in [0.3, 0.4) is 0 Å². The summed E-state index contributed by atoms with van der Waals surface area (Å²) < 4.78 is 10.2. The molecular weight excluding hydrogens is 276 g/mol. The Morgan fingerprint density at radius 3 is 1.41 bits per heavy atom. The monoisotopic (exact) mass is 294 g/mol. The molecule has 0 unspecified atom stereocenters. The van der Waals surface area contributed by atoms with Crippen LogP contribution in [0.15, 0.2) is 60.7 Å². The second kappa shape index (κ2) is 7.84. The number of ether oxygens (including phenoxy) is 2. The van der Waals surface area contributed by atoms with Gasteiger partial charge in [0.05, 0.1) is 14.2 Å². The van der Waals surface area contributed by atoms with Crippen molar-refractivity contribution in [2.24, 2.45) is 0 Å². The van der Waals surface area contributed by atoms with E-state index in [1.54, 1.807) is 38.5 Å². The molecule has 0 radical (unpaired) electrons. The number of carbonyl (C=O) groups is 1. The molecule has 3 nitrogen and oxygen atoms in total. The van der Waals surface area contributed by atoms with Gasteiger partial charge in [0.1, 0.15) is 11.5 Å². The highest BCUT2D eigenvalue weighted by Crippen LogP contribution is 2.13. The van der Waals surface area contributed by atoms with Crippen molar-refractivity contribution >= 4 is 17.9 Å². The van der Waals surface area contributed by atoms with Crippen LogP contribution in [0.5, 0.6) is 11.5 Å². The van der Waals surface area contributed by atoms with E-state index in [2.05, 4.69) is 0 Å². The van der Waals surface area contributed by atoms with Crippen molar-refractivity contribution in [2.45, 2.75) is 0 Å². The van der Waals surface area contributed by atoms with Crippen LogP contribution in [-0.2, 0) is 4.79 Å². The van der Waals surface area contributed by atoms with E-state index in [4.69, 9.17) is 9.47 Å². The molecule has 0 atom stereocenters.